The minimum atomic E-state index is 0.313. The number of benzene rings is 2. The number of likely N-dealkylation sites (tertiary alicyclic amines) is 1. The summed E-state index contributed by atoms with van der Waals surface area (Å²) in [6.07, 6.45) is 8.79. The number of para-hydroxylation sites is 3. The monoisotopic (exact) mass is 387 g/mol. The largest absolute Gasteiger partial charge is 0.339 e. The molecule has 2 unspecified atom stereocenters. The highest BCUT2D eigenvalue weighted by Crippen LogP contribution is 2.35. The minimum Gasteiger partial charge on any atom is -0.339 e. The van der Waals surface area contributed by atoms with E-state index in [-0.39, 0.29) is 0 Å². The summed E-state index contributed by atoms with van der Waals surface area (Å²) in [5.74, 6) is 2.02. The third kappa shape index (κ3) is 3.57. The predicted molar refractivity (Wildman–Crippen MR) is 116 cm³/mol. The molecule has 2 fully saturated rings. The molecule has 1 aromatic heterocycles. The van der Waals surface area contributed by atoms with Crippen molar-refractivity contribution >= 4 is 16.9 Å². The van der Waals surface area contributed by atoms with Gasteiger partial charge in [0.2, 0.25) is 5.91 Å². The normalized spacial score (nSPS) is 21.9. The number of fused-ring (bicyclic) bond motifs is 2. The van der Waals surface area contributed by atoms with E-state index >= 15 is 0 Å². The number of imidazole rings is 1. The molecule has 1 saturated carbocycles. The molecular weight excluding hydrogens is 358 g/mol. The lowest BCUT2D eigenvalue weighted by molar-refractivity contribution is -0.137. The van der Waals surface area contributed by atoms with Crippen molar-refractivity contribution in [2.45, 2.75) is 57.4 Å². The van der Waals surface area contributed by atoms with E-state index in [0.29, 0.717) is 24.8 Å². The van der Waals surface area contributed by atoms with Gasteiger partial charge < -0.3 is 4.90 Å². The Hall–Kier alpha value is -2.62. The molecule has 1 aliphatic carbocycles. The van der Waals surface area contributed by atoms with E-state index in [0.717, 1.165) is 41.4 Å². The van der Waals surface area contributed by atoms with E-state index in [9.17, 15) is 4.79 Å². The van der Waals surface area contributed by atoms with Crippen LogP contribution in [0.4, 0.5) is 0 Å². The van der Waals surface area contributed by atoms with Crippen LogP contribution in [0.5, 0.6) is 0 Å². The predicted octanol–water partition coefficient (Wildman–Crippen LogP) is 5.14. The Labute approximate surface area is 172 Å². The fraction of sp³-hybridized carbons (Fsp3) is 0.440. The average molecular weight is 388 g/mol. The first-order chi connectivity index (χ1) is 14.3. The van der Waals surface area contributed by atoms with Gasteiger partial charge in [-0.3, -0.25) is 9.36 Å². The van der Waals surface area contributed by atoms with Crippen LogP contribution in [0.25, 0.3) is 16.7 Å². The number of carbonyl (C=O) groups excluding carboxylic acids is 1. The highest BCUT2D eigenvalue weighted by molar-refractivity contribution is 5.79. The summed E-state index contributed by atoms with van der Waals surface area (Å²) in [6.45, 7) is 0.940. The van der Waals surface area contributed by atoms with Gasteiger partial charge >= 0.3 is 0 Å². The average Bonchev–Trinajstić information content (AvgIpc) is 3.16. The molecule has 5 rings (SSSR count). The van der Waals surface area contributed by atoms with Crippen LogP contribution in [0.1, 0.15) is 50.8 Å². The number of amides is 1. The van der Waals surface area contributed by atoms with Gasteiger partial charge in [0.15, 0.2) is 0 Å². The van der Waals surface area contributed by atoms with Gasteiger partial charge in [-0.2, -0.15) is 0 Å². The molecule has 2 aliphatic rings. The molecule has 0 radical (unpaired) electrons. The zero-order valence-electron chi connectivity index (χ0n) is 17.0. The minimum absolute atomic E-state index is 0.313. The molecule has 150 valence electrons. The molecular formula is C25H29N3O. The molecule has 2 aromatic carbocycles. The number of aromatic nitrogens is 2. The first-order valence-electron chi connectivity index (χ1n) is 11.1. The summed E-state index contributed by atoms with van der Waals surface area (Å²) in [7, 11) is 0. The van der Waals surface area contributed by atoms with Gasteiger partial charge in [-0.05, 0) is 55.9 Å². The van der Waals surface area contributed by atoms with Gasteiger partial charge in [0.25, 0.3) is 0 Å². The Morgan fingerprint density at radius 3 is 2.59 bits per heavy atom. The van der Waals surface area contributed by atoms with Crippen LogP contribution in [0.3, 0.4) is 0 Å². The van der Waals surface area contributed by atoms with E-state index in [1.165, 1.54) is 32.1 Å². The molecule has 4 nitrogen and oxygen atoms in total. The van der Waals surface area contributed by atoms with Gasteiger partial charge in [0.05, 0.1) is 11.0 Å². The van der Waals surface area contributed by atoms with Crippen molar-refractivity contribution in [3.05, 3.63) is 60.4 Å². The molecule has 4 heteroatoms. The first-order valence-corrected chi connectivity index (χ1v) is 11.1. The number of piperidine rings is 1. The molecule has 1 aliphatic heterocycles. The summed E-state index contributed by atoms with van der Waals surface area (Å²) >= 11 is 0. The van der Waals surface area contributed by atoms with Crippen LogP contribution in [0.15, 0.2) is 54.6 Å². The Kier molecular flexibility index (Phi) is 5.09. The first kappa shape index (κ1) is 18.4. The fourth-order valence-electron chi connectivity index (χ4n) is 5.41. The van der Waals surface area contributed by atoms with E-state index in [1.54, 1.807) is 0 Å². The van der Waals surface area contributed by atoms with Gasteiger partial charge in [-0.1, -0.05) is 43.2 Å². The smallest absolute Gasteiger partial charge is 0.223 e. The zero-order valence-corrected chi connectivity index (χ0v) is 17.0. The van der Waals surface area contributed by atoms with Crippen molar-refractivity contribution in [2.24, 2.45) is 5.92 Å². The fourth-order valence-corrected chi connectivity index (χ4v) is 5.41. The van der Waals surface area contributed by atoms with Crippen molar-refractivity contribution in [3.8, 4) is 5.69 Å². The van der Waals surface area contributed by atoms with Crippen LogP contribution in [-0.4, -0.2) is 32.9 Å². The SMILES string of the molecule is O=C(CCc1nc2ccccc2n1-c1ccccc1)N1CCCC2CCCCC21. The van der Waals surface area contributed by atoms with Gasteiger partial charge in [0.1, 0.15) is 5.82 Å². The molecule has 29 heavy (non-hydrogen) atoms. The Balaban J connectivity index is 1.39. The molecule has 0 spiro atoms. The number of nitrogens with zero attached hydrogens (tertiary/aromatic N) is 3. The summed E-state index contributed by atoms with van der Waals surface area (Å²) in [6, 6.07) is 19.1. The van der Waals surface area contributed by atoms with Crippen molar-refractivity contribution in [3.63, 3.8) is 0 Å². The van der Waals surface area contributed by atoms with E-state index in [1.807, 2.05) is 12.1 Å². The summed E-state index contributed by atoms with van der Waals surface area (Å²) in [5.41, 5.74) is 3.20. The molecule has 1 saturated heterocycles. The number of aryl methyl sites for hydroxylation is 1. The van der Waals surface area contributed by atoms with Crippen molar-refractivity contribution in [1.29, 1.82) is 0 Å². The summed E-state index contributed by atoms with van der Waals surface area (Å²) in [5, 5.41) is 0. The molecule has 1 amide bonds. The zero-order chi connectivity index (χ0) is 19.6. The van der Waals surface area contributed by atoms with Crippen LogP contribution in [0, 0.1) is 5.92 Å². The van der Waals surface area contributed by atoms with Crippen molar-refractivity contribution in [1.82, 2.24) is 14.5 Å². The van der Waals surface area contributed by atoms with E-state index in [2.05, 4.69) is 51.9 Å². The lowest BCUT2D eigenvalue weighted by atomic mass is 9.78. The van der Waals surface area contributed by atoms with Crippen molar-refractivity contribution in [2.75, 3.05) is 6.54 Å². The maximum atomic E-state index is 13.2. The Bertz CT molecular complexity index is 992. The summed E-state index contributed by atoms with van der Waals surface area (Å²) < 4.78 is 2.21. The quantitative estimate of drug-likeness (QED) is 0.622. The number of rotatable bonds is 4. The topological polar surface area (TPSA) is 38.1 Å². The second-order valence-electron chi connectivity index (χ2n) is 8.53. The second kappa shape index (κ2) is 8.02. The maximum Gasteiger partial charge on any atom is 0.223 e. The number of carbonyl (C=O) groups is 1. The molecule has 2 heterocycles. The van der Waals surface area contributed by atoms with Gasteiger partial charge in [-0.25, -0.2) is 4.98 Å². The van der Waals surface area contributed by atoms with Gasteiger partial charge in [0, 0.05) is 31.1 Å². The lowest BCUT2D eigenvalue weighted by Gasteiger charge is -2.44. The highest BCUT2D eigenvalue weighted by Gasteiger charge is 2.35. The standard InChI is InChI=1S/C25H29N3O/c29-25(27-18-8-10-19-9-4-6-14-22(19)27)17-16-24-26-21-13-5-7-15-23(21)28(24)20-11-2-1-3-12-20/h1-3,5,7,11-13,15,19,22H,4,6,8-10,14,16-18H2. The van der Waals surface area contributed by atoms with E-state index in [4.69, 9.17) is 4.98 Å². The molecule has 3 aromatic rings. The number of hydrogen-bond acceptors (Lipinski definition) is 2. The lowest BCUT2D eigenvalue weighted by Crippen LogP contribution is -2.49. The summed E-state index contributed by atoms with van der Waals surface area (Å²) in [4.78, 5) is 20.3. The van der Waals surface area contributed by atoms with Crippen LogP contribution < -0.4 is 0 Å². The van der Waals surface area contributed by atoms with E-state index < -0.39 is 0 Å². The van der Waals surface area contributed by atoms with Crippen LogP contribution in [0.2, 0.25) is 0 Å². The third-order valence-corrected chi connectivity index (χ3v) is 6.77. The Morgan fingerprint density at radius 2 is 1.69 bits per heavy atom. The van der Waals surface area contributed by atoms with Crippen LogP contribution >= 0.6 is 0 Å². The second-order valence-corrected chi connectivity index (χ2v) is 8.53. The molecule has 0 bridgehead atoms. The molecule has 2 atom stereocenters. The Morgan fingerprint density at radius 1 is 0.931 bits per heavy atom. The molecule has 0 N–H and O–H groups in total. The maximum absolute atomic E-state index is 13.2. The van der Waals surface area contributed by atoms with Gasteiger partial charge in [-0.15, -0.1) is 0 Å². The van der Waals surface area contributed by atoms with Crippen molar-refractivity contribution < 1.29 is 4.79 Å². The third-order valence-electron chi connectivity index (χ3n) is 6.77. The van der Waals surface area contributed by atoms with Crippen LogP contribution in [-0.2, 0) is 11.2 Å². The number of hydrogen-bond donors (Lipinski definition) is 0. The highest BCUT2D eigenvalue weighted by atomic mass is 16.2.